The number of rotatable bonds is 4. The lowest BCUT2D eigenvalue weighted by Crippen LogP contribution is -2.13. The van der Waals surface area contributed by atoms with Crippen LogP contribution < -0.4 is 0 Å². The van der Waals surface area contributed by atoms with Gasteiger partial charge in [-0.15, -0.1) is 0 Å². The van der Waals surface area contributed by atoms with E-state index in [9.17, 15) is 5.21 Å². The SMILES string of the molecule is Cc1nn(Cc2ccccc2)c(C)c1CN(C)O. The van der Waals surface area contributed by atoms with Gasteiger partial charge in [0, 0.05) is 18.3 Å². The lowest BCUT2D eigenvalue weighted by atomic mass is 10.2. The van der Waals surface area contributed by atoms with Crippen LogP contribution in [-0.2, 0) is 13.1 Å². The van der Waals surface area contributed by atoms with Crippen LogP contribution in [0, 0.1) is 13.8 Å². The molecular formula is C14H19N3O. The van der Waals surface area contributed by atoms with E-state index < -0.39 is 0 Å². The van der Waals surface area contributed by atoms with Gasteiger partial charge in [-0.3, -0.25) is 4.68 Å². The van der Waals surface area contributed by atoms with Crippen molar-refractivity contribution < 1.29 is 5.21 Å². The lowest BCUT2D eigenvalue weighted by molar-refractivity contribution is -0.0734. The first-order valence-corrected chi connectivity index (χ1v) is 6.04. The van der Waals surface area contributed by atoms with Gasteiger partial charge in [0.25, 0.3) is 0 Å². The molecule has 0 unspecified atom stereocenters. The minimum absolute atomic E-state index is 0.506. The van der Waals surface area contributed by atoms with Crippen molar-refractivity contribution in [2.45, 2.75) is 26.9 Å². The first kappa shape index (κ1) is 12.8. The van der Waals surface area contributed by atoms with Crippen molar-refractivity contribution in [1.82, 2.24) is 14.8 Å². The van der Waals surface area contributed by atoms with Crippen LogP contribution in [0.5, 0.6) is 0 Å². The van der Waals surface area contributed by atoms with E-state index in [1.165, 1.54) is 10.6 Å². The molecule has 1 aromatic carbocycles. The molecule has 0 saturated carbocycles. The van der Waals surface area contributed by atoms with Gasteiger partial charge in [0.05, 0.1) is 18.8 Å². The van der Waals surface area contributed by atoms with Gasteiger partial charge >= 0.3 is 0 Å². The predicted octanol–water partition coefficient (Wildman–Crippen LogP) is 2.37. The van der Waals surface area contributed by atoms with E-state index in [4.69, 9.17) is 0 Å². The van der Waals surface area contributed by atoms with Crippen molar-refractivity contribution in [2.75, 3.05) is 7.05 Å². The second-order valence-electron chi connectivity index (χ2n) is 4.61. The first-order chi connectivity index (χ1) is 8.58. The molecule has 0 aliphatic carbocycles. The summed E-state index contributed by atoms with van der Waals surface area (Å²) in [5.74, 6) is 0. The Bertz CT molecular complexity index is 517. The highest BCUT2D eigenvalue weighted by atomic mass is 16.5. The quantitative estimate of drug-likeness (QED) is 0.841. The number of benzene rings is 1. The molecule has 1 aromatic heterocycles. The number of hydroxylamine groups is 2. The van der Waals surface area contributed by atoms with E-state index in [1.54, 1.807) is 7.05 Å². The molecule has 2 rings (SSSR count). The van der Waals surface area contributed by atoms with Crippen LogP contribution in [0.15, 0.2) is 30.3 Å². The van der Waals surface area contributed by atoms with Gasteiger partial charge < -0.3 is 5.21 Å². The van der Waals surface area contributed by atoms with Crippen LogP contribution in [0.2, 0.25) is 0 Å². The summed E-state index contributed by atoms with van der Waals surface area (Å²) in [5.41, 5.74) is 4.41. The summed E-state index contributed by atoms with van der Waals surface area (Å²) in [6, 6.07) is 10.3. The summed E-state index contributed by atoms with van der Waals surface area (Å²) in [6.45, 7) is 5.30. The van der Waals surface area contributed by atoms with Gasteiger partial charge in [0.2, 0.25) is 0 Å². The topological polar surface area (TPSA) is 41.3 Å². The summed E-state index contributed by atoms with van der Waals surface area (Å²) in [7, 11) is 1.65. The van der Waals surface area contributed by atoms with Crippen LogP contribution in [0.1, 0.15) is 22.5 Å². The summed E-state index contributed by atoms with van der Waals surface area (Å²) < 4.78 is 1.99. The molecule has 0 aliphatic heterocycles. The third-order valence-corrected chi connectivity index (χ3v) is 3.09. The zero-order valence-electron chi connectivity index (χ0n) is 11.1. The number of aryl methyl sites for hydroxylation is 1. The Morgan fingerprint density at radius 3 is 2.50 bits per heavy atom. The van der Waals surface area contributed by atoms with E-state index in [0.717, 1.165) is 23.5 Å². The van der Waals surface area contributed by atoms with Crippen molar-refractivity contribution in [1.29, 1.82) is 0 Å². The average Bonchev–Trinajstić information content (AvgIpc) is 2.58. The Kier molecular flexibility index (Phi) is 3.79. The van der Waals surface area contributed by atoms with E-state index in [0.29, 0.717) is 6.54 Å². The van der Waals surface area contributed by atoms with Crippen LogP contribution in [-0.4, -0.2) is 27.1 Å². The molecule has 96 valence electrons. The maximum Gasteiger partial charge on any atom is 0.0662 e. The predicted molar refractivity (Wildman–Crippen MR) is 70.5 cm³/mol. The fourth-order valence-electron chi connectivity index (χ4n) is 2.10. The molecular weight excluding hydrogens is 226 g/mol. The monoisotopic (exact) mass is 245 g/mol. The third-order valence-electron chi connectivity index (χ3n) is 3.09. The third kappa shape index (κ3) is 2.78. The zero-order valence-corrected chi connectivity index (χ0v) is 11.1. The molecule has 1 heterocycles. The standard InChI is InChI=1S/C14H19N3O/c1-11-14(10-16(3)18)12(2)17(15-11)9-13-7-5-4-6-8-13/h4-8,18H,9-10H2,1-3H3. The zero-order chi connectivity index (χ0) is 13.1. The molecule has 0 radical (unpaired) electrons. The van der Waals surface area contributed by atoms with Crippen LogP contribution in [0.4, 0.5) is 0 Å². The Hall–Kier alpha value is -1.65. The highest BCUT2D eigenvalue weighted by Crippen LogP contribution is 2.15. The van der Waals surface area contributed by atoms with Gasteiger partial charge in [-0.2, -0.15) is 10.2 Å². The molecule has 1 N–H and O–H groups in total. The first-order valence-electron chi connectivity index (χ1n) is 6.04. The van der Waals surface area contributed by atoms with Crippen LogP contribution in [0.25, 0.3) is 0 Å². The minimum Gasteiger partial charge on any atom is -0.314 e. The number of hydrogen-bond donors (Lipinski definition) is 1. The Balaban J connectivity index is 2.25. The van der Waals surface area contributed by atoms with E-state index in [2.05, 4.69) is 17.2 Å². The second-order valence-corrected chi connectivity index (χ2v) is 4.61. The highest BCUT2D eigenvalue weighted by Gasteiger charge is 2.12. The van der Waals surface area contributed by atoms with Gasteiger partial charge in [-0.05, 0) is 19.4 Å². The van der Waals surface area contributed by atoms with Gasteiger partial charge in [-0.1, -0.05) is 30.3 Å². The number of nitrogens with zero attached hydrogens (tertiary/aromatic N) is 3. The van der Waals surface area contributed by atoms with Crippen molar-refractivity contribution in [3.8, 4) is 0 Å². The molecule has 0 amide bonds. The van der Waals surface area contributed by atoms with Crippen molar-refractivity contribution in [2.24, 2.45) is 0 Å². The molecule has 2 aromatic rings. The molecule has 0 atom stereocenters. The van der Waals surface area contributed by atoms with Crippen molar-refractivity contribution in [3.63, 3.8) is 0 Å². The summed E-state index contributed by atoms with van der Waals surface area (Å²) in [5, 5.41) is 15.1. The molecule has 18 heavy (non-hydrogen) atoms. The molecule has 0 saturated heterocycles. The number of hydrogen-bond acceptors (Lipinski definition) is 3. The number of aromatic nitrogens is 2. The van der Waals surface area contributed by atoms with Gasteiger partial charge in [-0.25, -0.2) is 0 Å². The molecule has 4 heteroatoms. The van der Waals surface area contributed by atoms with Gasteiger partial charge in [0.1, 0.15) is 0 Å². The molecule has 0 fully saturated rings. The van der Waals surface area contributed by atoms with Crippen LogP contribution >= 0.6 is 0 Å². The minimum atomic E-state index is 0.506. The summed E-state index contributed by atoms with van der Waals surface area (Å²) in [4.78, 5) is 0. The largest absolute Gasteiger partial charge is 0.314 e. The maximum atomic E-state index is 9.35. The van der Waals surface area contributed by atoms with E-state index in [1.807, 2.05) is 36.7 Å². The van der Waals surface area contributed by atoms with Crippen LogP contribution in [0.3, 0.4) is 0 Å². The normalized spacial score (nSPS) is 11.2. The smallest absolute Gasteiger partial charge is 0.0662 e. The van der Waals surface area contributed by atoms with E-state index in [-0.39, 0.29) is 0 Å². The van der Waals surface area contributed by atoms with Crippen molar-refractivity contribution in [3.05, 3.63) is 52.8 Å². The second kappa shape index (κ2) is 5.33. The lowest BCUT2D eigenvalue weighted by Gasteiger charge is -2.09. The fourth-order valence-corrected chi connectivity index (χ4v) is 2.10. The van der Waals surface area contributed by atoms with Crippen molar-refractivity contribution >= 4 is 0 Å². The van der Waals surface area contributed by atoms with E-state index >= 15 is 0 Å². The fraction of sp³-hybridized carbons (Fsp3) is 0.357. The molecule has 0 bridgehead atoms. The molecule has 0 aliphatic rings. The maximum absolute atomic E-state index is 9.35. The Labute approximate surface area is 107 Å². The highest BCUT2D eigenvalue weighted by molar-refractivity contribution is 5.25. The van der Waals surface area contributed by atoms with Gasteiger partial charge in [0.15, 0.2) is 0 Å². The Morgan fingerprint density at radius 1 is 1.22 bits per heavy atom. The summed E-state index contributed by atoms with van der Waals surface area (Å²) in [6.07, 6.45) is 0. The molecule has 4 nitrogen and oxygen atoms in total. The Morgan fingerprint density at radius 2 is 1.89 bits per heavy atom. The molecule has 0 spiro atoms. The average molecular weight is 245 g/mol. The summed E-state index contributed by atoms with van der Waals surface area (Å²) >= 11 is 0.